The van der Waals surface area contributed by atoms with E-state index in [-0.39, 0.29) is 11.9 Å². The number of piperazine rings is 1. The maximum absolute atomic E-state index is 12.6. The lowest BCUT2D eigenvalue weighted by atomic mass is 10.0. The number of amides is 1. The lowest BCUT2D eigenvalue weighted by molar-refractivity contribution is -0.134. The monoisotopic (exact) mass is 336 g/mol. The summed E-state index contributed by atoms with van der Waals surface area (Å²) in [6.07, 6.45) is 1.05. The van der Waals surface area contributed by atoms with Crippen LogP contribution in [0.25, 0.3) is 0 Å². The van der Waals surface area contributed by atoms with Crippen molar-refractivity contribution < 1.29 is 19.0 Å². The van der Waals surface area contributed by atoms with Crippen LogP contribution in [0.1, 0.15) is 25.8 Å². The zero-order valence-corrected chi connectivity index (χ0v) is 15.2. The predicted molar refractivity (Wildman–Crippen MR) is 93.1 cm³/mol. The van der Waals surface area contributed by atoms with E-state index >= 15 is 0 Å². The van der Waals surface area contributed by atoms with Gasteiger partial charge in [0.2, 0.25) is 11.7 Å². The third-order valence-corrected chi connectivity index (χ3v) is 4.75. The summed E-state index contributed by atoms with van der Waals surface area (Å²) in [4.78, 5) is 14.6. The normalized spacial score (nSPS) is 20.6. The second kappa shape index (κ2) is 8.24. The smallest absolute Gasteiger partial charge is 0.223 e. The number of nitrogens with zero attached hydrogens (tertiary/aromatic N) is 1. The predicted octanol–water partition coefficient (Wildman–Crippen LogP) is 1.85. The van der Waals surface area contributed by atoms with Crippen LogP contribution in [0.5, 0.6) is 17.2 Å². The molecule has 6 nitrogen and oxygen atoms in total. The maximum Gasteiger partial charge on any atom is 0.223 e. The second-order valence-electron chi connectivity index (χ2n) is 6.06. The molecule has 0 aliphatic carbocycles. The first kappa shape index (κ1) is 18.4. The van der Waals surface area contributed by atoms with Crippen LogP contribution < -0.4 is 19.5 Å². The fraction of sp³-hybridized carbons (Fsp3) is 0.611. The topological polar surface area (TPSA) is 60.0 Å². The van der Waals surface area contributed by atoms with Crippen molar-refractivity contribution in [2.24, 2.45) is 0 Å². The molecule has 1 saturated heterocycles. The fourth-order valence-electron chi connectivity index (χ4n) is 3.15. The number of methoxy groups -OCH3 is 3. The van der Waals surface area contributed by atoms with Crippen molar-refractivity contribution in [3.63, 3.8) is 0 Å². The Morgan fingerprint density at radius 1 is 1.17 bits per heavy atom. The second-order valence-corrected chi connectivity index (χ2v) is 6.06. The highest BCUT2D eigenvalue weighted by Gasteiger charge is 2.28. The van der Waals surface area contributed by atoms with Crippen LogP contribution in [0.2, 0.25) is 0 Å². The first-order valence-corrected chi connectivity index (χ1v) is 8.34. The van der Waals surface area contributed by atoms with Crippen molar-refractivity contribution in [3.8, 4) is 17.2 Å². The molecular formula is C18H28N2O4. The van der Waals surface area contributed by atoms with Crippen LogP contribution in [0.4, 0.5) is 0 Å². The highest BCUT2D eigenvalue weighted by atomic mass is 16.5. The number of ether oxygens (including phenoxy) is 3. The van der Waals surface area contributed by atoms with Gasteiger partial charge in [0.15, 0.2) is 11.5 Å². The van der Waals surface area contributed by atoms with Crippen molar-refractivity contribution in [1.29, 1.82) is 0 Å². The summed E-state index contributed by atoms with van der Waals surface area (Å²) in [6.45, 7) is 5.80. The van der Waals surface area contributed by atoms with Crippen molar-refractivity contribution in [3.05, 3.63) is 17.7 Å². The van der Waals surface area contributed by atoms with Crippen molar-refractivity contribution in [1.82, 2.24) is 10.2 Å². The fourth-order valence-corrected chi connectivity index (χ4v) is 3.15. The van der Waals surface area contributed by atoms with Crippen LogP contribution in [0.3, 0.4) is 0 Å². The molecule has 1 aliphatic heterocycles. The molecule has 1 N–H and O–H groups in total. The van der Waals surface area contributed by atoms with Gasteiger partial charge in [-0.15, -0.1) is 0 Å². The van der Waals surface area contributed by atoms with Gasteiger partial charge in [-0.05, 0) is 31.9 Å². The average molecular weight is 336 g/mol. The third kappa shape index (κ3) is 3.75. The van der Waals surface area contributed by atoms with Crippen LogP contribution in [0.15, 0.2) is 12.1 Å². The standard InChI is InChI=1S/C18H28N2O4/c1-12-13(2)20(11-10-19-12)16(21)9-7-14-6-8-15(22-3)18(24-5)17(14)23-4/h6,8,12-13,19H,7,9-11H2,1-5H3. The van der Waals surface area contributed by atoms with Crippen molar-refractivity contribution in [2.45, 2.75) is 38.8 Å². The molecule has 2 rings (SSSR count). The van der Waals surface area contributed by atoms with Crippen LogP contribution in [-0.2, 0) is 11.2 Å². The minimum atomic E-state index is 0.174. The minimum absolute atomic E-state index is 0.174. The number of aryl methyl sites for hydroxylation is 1. The van der Waals surface area contributed by atoms with Gasteiger partial charge < -0.3 is 24.4 Å². The molecule has 0 bridgehead atoms. The summed E-state index contributed by atoms with van der Waals surface area (Å²) in [7, 11) is 4.77. The maximum atomic E-state index is 12.6. The number of rotatable bonds is 6. The number of nitrogens with one attached hydrogen (secondary N) is 1. The SMILES string of the molecule is COc1ccc(CCC(=O)N2CCNC(C)C2C)c(OC)c1OC. The Bertz CT molecular complexity index is 576. The third-order valence-electron chi connectivity index (χ3n) is 4.75. The Morgan fingerprint density at radius 3 is 2.50 bits per heavy atom. The summed E-state index contributed by atoms with van der Waals surface area (Å²) in [5.41, 5.74) is 0.944. The number of benzene rings is 1. The minimum Gasteiger partial charge on any atom is -0.493 e. The van der Waals surface area contributed by atoms with Gasteiger partial charge in [0.1, 0.15) is 0 Å². The molecule has 1 aromatic carbocycles. The Balaban J connectivity index is 2.10. The van der Waals surface area contributed by atoms with E-state index in [1.165, 1.54) is 0 Å². The van der Waals surface area contributed by atoms with Gasteiger partial charge in [0.05, 0.1) is 21.3 Å². The molecule has 1 amide bonds. The summed E-state index contributed by atoms with van der Waals surface area (Å²) in [6, 6.07) is 4.30. The largest absolute Gasteiger partial charge is 0.493 e. The van der Waals surface area contributed by atoms with Gasteiger partial charge in [-0.2, -0.15) is 0 Å². The molecule has 1 fully saturated rings. The lowest BCUT2D eigenvalue weighted by Gasteiger charge is -2.38. The molecule has 2 atom stereocenters. The van der Waals surface area contributed by atoms with Gasteiger partial charge in [-0.3, -0.25) is 4.79 Å². The van der Waals surface area contributed by atoms with Crippen LogP contribution >= 0.6 is 0 Å². The van der Waals surface area contributed by atoms with Gasteiger partial charge in [-0.25, -0.2) is 0 Å². The zero-order valence-electron chi connectivity index (χ0n) is 15.2. The molecule has 134 valence electrons. The Kier molecular flexibility index (Phi) is 6.31. The van der Waals surface area contributed by atoms with E-state index in [0.29, 0.717) is 36.1 Å². The molecule has 0 radical (unpaired) electrons. The van der Waals surface area contributed by atoms with Gasteiger partial charge in [-0.1, -0.05) is 6.07 Å². The molecular weight excluding hydrogens is 308 g/mol. The summed E-state index contributed by atoms with van der Waals surface area (Å²) in [5, 5.41) is 3.39. The Hall–Kier alpha value is -1.95. The van der Waals surface area contributed by atoms with Gasteiger partial charge in [0, 0.05) is 31.6 Å². The molecule has 0 aromatic heterocycles. The quantitative estimate of drug-likeness (QED) is 0.859. The van der Waals surface area contributed by atoms with E-state index in [1.807, 2.05) is 17.0 Å². The van der Waals surface area contributed by atoms with E-state index in [0.717, 1.165) is 18.7 Å². The molecule has 2 unspecified atom stereocenters. The number of hydrogen-bond donors (Lipinski definition) is 1. The van der Waals surface area contributed by atoms with E-state index < -0.39 is 0 Å². The molecule has 6 heteroatoms. The first-order valence-electron chi connectivity index (χ1n) is 8.34. The molecule has 0 spiro atoms. The van der Waals surface area contributed by atoms with Gasteiger partial charge in [0.25, 0.3) is 0 Å². The Labute approximate surface area is 144 Å². The van der Waals surface area contributed by atoms with Crippen LogP contribution in [-0.4, -0.2) is 57.3 Å². The summed E-state index contributed by atoms with van der Waals surface area (Å²) < 4.78 is 16.2. The lowest BCUT2D eigenvalue weighted by Crippen LogP contribution is -2.57. The Morgan fingerprint density at radius 2 is 1.88 bits per heavy atom. The van der Waals surface area contributed by atoms with E-state index in [1.54, 1.807) is 21.3 Å². The van der Waals surface area contributed by atoms with Crippen LogP contribution in [0, 0.1) is 0 Å². The van der Waals surface area contributed by atoms with E-state index in [9.17, 15) is 4.79 Å². The highest BCUT2D eigenvalue weighted by Crippen LogP contribution is 2.40. The number of carbonyl (C=O) groups excluding carboxylic acids is 1. The first-order chi connectivity index (χ1) is 11.5. The molecule has 24 heavy (non-hydrogen) atoms. The average Bonchev–Trinajstić information content (AvgIpc) is 2.60. The van der Waals surface area contributed by atoms with Crippen molar-refractivity contribution >= 4 is 5.91 Å². The highest BCUT2D eigenvalue weighted by molar-refractivity contribution is 5.77. The molecule has 1 aliphatic rings. The molecule has 1 heterocycles. The summed E-state index contributed by atoms with van der Waals surface area (Å²) in [5.74, 6) is 1.99. The van der Waals surface area contributed by atoms with E-state index in [4.69, 9.17) is 14.2 Å². The number of carbonyl (C=O) groups is 1. The zero-order chi connectivity index (χ0) is 17.7. The summed E-state index contributed by atoms with van der Waals surface area (Å²) >= 11 is 0. The number of hydrogen-bond acceptors (Lipinski definition) is 5. The molecule has 0 saturated carbocycles. The molecule has 1 aromatic rings. The van der Waals surface area contributed by atoms with Gasteiger partial charge >= 0.3 is 0 Å². The van der Waals surface area contributed by atoms with Crippen molar-refractivity contribution in [2.75, 3.05) is 34.4 Å². The van der Waals surface area contributed by atoms with E-state index in [2.05, 4.69) is 19.2 Å².